The van der Waals surface area contributed by atoms with Crippen molar-refractivity contribution in [3.63, 3.8) is 0 Å². The van der Waals surface area contributed by atoms with E-state index in [0.29, 0.717) is 0 Å². The van der Waals surface area contributed by atoms with Gasteiger partial charge in [-0.05, 0) is 17.8 Å². The molecule has 3 unspecified atom stereocenters. The lowest BCUT2D eigenvalue weighted by Crippen LogP contribution is -2.30. The number of rotatable bonds is 3. The van der Waals surface area contributed by atoms with Crippen LogP contribution in [0, 0.1) is 17.8 Å². The van der Waals surface area contributed by atoms with E-state index in [1.54, 1.807) is 0 Å². The van der Waals surface area contributed by atoms with Crippen LogP contribution in [-0.4, -0.2) is 7.85 Å². The largest absolute Gasteiger partial charge is 0.105 e. The molecule has 0 amide bonds. The SMILES string of the molecule is BC1CC(C)C1CCC(C)C. The van der Waals surface area contributed by atoms with Crippen molar-refractivity contribution in [3.8, 4) is 0 Å². The molecular weight excluding hydrogens is 131 g/mol. The molecule has 0 heterocycles. The van der Waals surface area contributed by atoms with Crippen molar-refractivity contribution >= 4 is 7.85 Å². The molecule has 0 radical (unpaired) electrons. The maximum Gasteiger partial charge on any atom is 0.105 e. The molecule has 0 nitrogen and oxygen atoms in total. The van der Waals surface area contributed by atoms with Gasteiger partial charge in [0.05, 0.1) is 0 Å². The Bertz CT molecular complexity index is 112. The average molecular weight is 152 g/mol. The second-order valence-electron chi connectivity index (χ2n) is 4.83. The summed E-state index contributed by atoms with van der Waals surface area (Å²) in [4.78, 5) is 0. The summed E-state index contributed by atoms with van der Waals surface area (Å²) >= 11 is 0. The summed E-state index contributed by atoms with van der Waals surface area (Å²) in [5, 5.41) is 0. The van der Waals surface area contributed by atoms with Gasteiger partial charge < -0.3 is 0 Å². The minimum Gasteiger partial charge on any atom is -0.0664 e. The molecular formula is C10H21B. The van der Waals surface area contributed by atoms with Crippen molar-refractivity contribution < 1.29 is 0 Å². The molecule has 0 spiro atoms. The first kappa shape index (κ1) is 9.16. The van der Waals surface area contributed by atoms with Gasteiger partial charge in [-0.1, -0.05) is 45.9 Å². The average Bonchev–Trinajstić information content (AvgIpc) is 1.86. The van der Waals surface area contributed by atoms with Crippen LogP contribution in [0.1, 0.15) is 40.0 Å². The molecule has 1 aliphatic rings. The van der Waals surface area contributed by atoms with Crippen LogP contribution in [0.2, 0.25) is 5.82 Å². The van der Waals surface area contributed by atoms with Crippen molar-refractivity contribution in [2.24, 2.45) is 17.8 Å². The molecule has 1 heteroatoms. The van der Waals surface area contributed by atoms with Gasteiger partial charge in [0.2, 0.25) is 0 Å². The lowest BCUT2D eigenvalue weighted by molar-refractivity contribution is 0.175. The van der Waals surface area contributed by atoms with Crippen molar-refractivity contribution in [2.45, 2.75) is 45.9 Å². The third-order valence-corrected chi connectivity index (χ3v) is 3.28. The fourth-order valence-electron chi connectivity index (χ4n) is 2.40. The lowest BCUT2D eigenvalue weighted by Gasteiger charge is -2.41. The fraction of sp³-hybridized carbons (Fsp3) is 1.00. The highest BCUT2D eigenvalue weighted by molar-refractivity contribution is 6.12. The molecule has 0 aromatic rings. The predicted octanol–water partition coefficient (Wildman–Crippen LogP) is 2.50. The monoisotopic (exact) mass is 152 g/mol. The van der Waals surface area contributed by atoms with E-state index < -0.39 is 0 Å². The molecule has 0 N–H and O–H groups in total. The Morgan fingerprint density at radius 1 is 1.45 bits per heavy atom. The van der Waals surface area contributed by atoms with Crippen LogP contribution in [0.3, 0.4) is 0 Å². The van der Waals surface area contributed by atoms with Crippen LogP contribution in [0.15, 0.2) is 0 Å². The van der Waals surface area contributed by atoms with Crippen LogP contribution in [0.5, 0.6) is 0 Å². The third kappa shape index (κ3) is 2.25. The highest BCUT2D eigenvalue weighted by Gasteiger charge is 2.33. The molecule has 0 saturated heterocycles. The fourth-order valence-corrected chi connectivity index (χ4v) is 2.40. The summed E-state index contributed by atoms with van der Waals surface area (Å²) < 4.78 is 0. The van der Waals surface area contributed by atoms with Crippen molar-refractivity contribution in [1.29, 1.82) is 0 Å². The summed E-state index contributed by atoms with van der Waals surface area (Å²) in [6, 6.07) is 0. The number of hydrogen-bond donors (Lipinski definition) is 0. The molecule has 1 saturated carbocycles. The molecule has 0 aromatic carbocycles. The molecule has 64 valence electrons. The maximum absolute atomic E-state index is 2.41. The van der Waals surface area contributed by atoms with Crippen LogP contribution < -0.4 is 0 Å². The summed E-state index contributed by atoms with van der Waals surface area (Å²) in [6.07, 6.45) is 4.38. The van der Waals surface area contributed by atoms with Gasteiger partial charge in [-0.3, -0.25) is 0 Å². The van der Waals surface area contributed by atoms with Crippen molar-refractivity contribution in [3.05, 3.63) is 0 Å². The molecule has 0 aliphatic heterocycles. The summed E-state index contributed by atoms with van der Waals surface area (Å²) in [5.74, 6) is 3.99. The summed E-state index contributed by atoms with van der Waals surface area (Å²) in [5.41, 5.74) is 0. The van der Waals surface area contributed by atoms with Crippen LogP contribution in [0.4, 0.5) is 0 Å². The van der Waals surface area contributed by atoms with Crippen LogP contribution in [0.25, 0.3) is 0 Å². The number of hydrogen-bond acceptors (Lipinski definition) is 0. The summed E-state index contributed by atoms with van der Waals surface area (Å²) in [7, 11) is 2.41. The zero-order valence-corrected chi connectivity index (χ0v) is 8.43. The zero-order valence-electron chi connectivity index (χ0n) is 8.43. The predicted molar refractivity (Wildman–Crippen MR) is 53.6 cm³/mol. The Morgan fingerprint density at radius 2 is 2.09 bits per heavy atom. The van der Waals surface area contributed by atoms with E-state index in [1.807, 2.05) is 0 Å². The Morgan fingerprint density at radius 3 is 2.45 bits per heavy atom. The van der Waals surface area contributed by atoms with E-state index in [2.05, 4.69) is 28.6 Å². The highest BCUT2D eigenvalue weighted by Crippen LogP contribution is 2.45. The van der Waals surface area contributed by atoms with E-state index in [9.17, 15) is 0 Å². The first-order valence-corrected chi connectivity index (χ1v) is 5.11. The van der Waals surface area contributed by atoms with Gasteiger partial charge in [-0.25, -0.2) is 0 Å². The Kier molecular flexibility index (Phi) is 3.03. The van der Waals surface area contributed by atoms with Gasteiger partial charge in [-0.2, -0.15) is 0 Å². The molecule has 1 fully saturated rings. The topological polar surface area (TPSA) is 0 Å². The van der Waals surface area contributed by atoms with E-state index in [4.69, 9.17) is 0 Å². The second-order valence-corrected chi connectivity index (χ2v) is 4.83. The summed E-state index contributed by atoms with van der Waals surface area (Å²) in [6.45, 7) is 7.06. The van der Waals surface area contributed by atoms with Gasteiger partial charge in [0.25, 0.3) is 0 Å². The Labute approximate surface area is 72.2 Å². The Balaban J connectivity index is 2.15. The van der Waals surface area contributed by atoms with Crippen LogP contribution in [-0.2, 0) is 0 Å². The van der Waals surface area contributed by atoms with Crippen LogP contribution >= 0.6 is 0 Å². The van der Waals surface area contributed by atoms with Gasteiger partial charge in [-0.15, -0.1) is 0 Å². The minimum atomic E-state index is 0.898. The van der Waals surface area contributed by atoms with Gasteiger partial charge in [0.15, 0.2) is 0 Å². The van der Waals surface area contributed by atoms with Crippen molar-refractivity contribution in [1.82, 2.24) is 0 Å². The normalized spacial score (nSPS) is 37.3. The first-order valence-electron chi connectivity index (χ1n) is 5.11. The first-order chi connectivity index (χ1) is 5.11. The molecule has 11 heavy (non-hydrogen) atoms. The van der Waals surface area contributed by atoms with Crippen molar-refractivity contribution in [2.75, 3.05) is 0 Å². The smallest absolute Gasteiger partial charge is 0.0664 e. The second kappa shape index (κ2) is 3.64. The van der Waals surface area contributed by atoms with Gasteiger partial charge in [0.1, 0.15) is 7.85 Å². The standard InChI is InChI=1S/C10H21B/c1-7(2)4-5-9-8(3)6-10(9)11/h7-10H,4-6,11H2,1-3H3. The quantitative estimate of drug-likeness (QED) is 0.545. The Hall–Kier alpha value is 0.0649. The zero-order chi connectivity index (χ0) is 8.43. The van der Waals surface area contributed by atoms with E-state index in [0.717, 1.165) is 23.6 Å². The molecule has 0 aromatic heterocycles. The molecule has 1 rings (SSSR count). The molecule has 1 aliphatic carbocycles. The minimum absolute atomic E-state index is 0.898. The van der Waals surface area contributed by atoms with Gasteiger partial charge in [0, 0.05) is 0 Å². The maximum atomic E-state index is 2.41. The van der Waals surface area contributed by atoms with Gasteiger partial charge >= 0.3 is 0 Å². The van der Waals surface area contributed by atoms with E-state index in [-0.39, 0.29) is 0 Å². The molecule has 3 atom stereocenters. The van der Waals surface area contributed by atoms with E-state index >= 15 is 0 Å². The highest BCUT2D eigenvalue weighted by atomic mass is 14.4. The third-order valence-electron chi connectivity index (χ3n) is 3.28. The molecule has 0 bridgehead atoms. The lowest BCUT2D eigenvalue weighted by atomic mass is 9.55. The van der Waals surface area contributed by atoms with E-state index in [1.165, 1.54) is 19.3 Å².